The Labute approximate surface area is 121 Å². The molecule has 3 aromatic rings. The van der Waals surface area contributed by atoms with Gasteiger partial charge >= 0.3 is 121 Å². The second-order valence-electron chi connectivity index (χ2n) is 5.53. The summed E-state index contributed by atoms with van der Waals surface area (Å²) in [6, 6.07) is 32.9. The van der Waals surface area contributed by atoms with Crippen molar-refractivity contribution in [3.05, 3.63) is 91.0 Å². The molecule has 0 aliphatic heterocycles. The van der Waals surface area contributed by atoms with Gasteiger partial charge in [0.05, 0.1) is 0 Å². The van der Waals surface area contributed by atoms with Gasteiger partial charge in [-0.3, -0.25) is 0 Å². The molecule has 0 N–H and O–H groups in total. The van der Waals surface area contributed by atoms with Gasteiger partial charge in [-0.2, -0.15) is 0 Å². The fourth-order valence-corrected chi connectivity index (χ4v) is 7.22. The van der Waals surface area contributed by atoms with Gasteiger partial charge in [-0.15, -0.1) is 0 Å². The van der Waals surface area contributed by atoms with Gasteiger partial charge in [-0.05, 0) is 0 Å². The van der Waals surface area contributed by atoms with Crippen LogP contribution in [-0.2, 0) is 0 Å². The third-order valence-electron chi connectivity index (χ3n) is 4.40. The van der Waals surface area contributed by atoms with Crippen LogP contribution in [0.25, 0.3) is 0 Å². The molecule has 0 saturated carbocycles. The molecule has 0 nitrogen and oxygen atoms in total. The van der Waals surface area contributed by atoms with Crippen molar-refractivity contribution in [1.29, 1.82) is 0 Å². The van der Waals surface area contributed by atoms with Crippen LogP contribution in [0.1, 0.15) is 0 Å². The van der Waals surface area contributed by atoms with Crippen molar-refractivity contribution < 1.29 is 0 Å². The van der Waals surface area contributed by atoms with E-state index in [1.54, 1.807) is 0 Å². The Bertz CT molecular complexity index is 563. The SMILES string of the molecule is C[SiH-](c1ccccc1)(c1ccccc1)c1ccccc1. The van der Waals surface area contributed by atoms with Crippen LogP contribution in [-0.4, -0.2) is 8.07 Å². The second-order valence-corrected chi connectivity index (χ2v) is 10.1. The molecule has 0 heterocycles. The predicted octanol–water partition coefficient (Wildman–Crippen LogP) is 2.52. The molecular weight excluding hydrogens is 256 g/mol. The third-order valence-corrected chi connectivity index (χ3v) is 9.55. The summed E-state index contributed by atoms with van der Waals surface area (Å²) in [6.45, 7) is 2.47. The zero-order valence-electron chi connectivity index (χ0n) is 11.7. The van der Waals surface area contributed by atoms with Gasteiger partial charge in [0.15, 0.2) is 0 Å². The molecule has 0 fully saturated rings. The molecular formula is C19H19Si-. The zero-order chi connectivity index (χ0) is 13.8. The van der Waals surface area contributed by atoms with Crippen molar-refractivity contribution in [2.24, 2.45) is 0 Å². The van der Waals surface area contributed by atoms with E-state index in [0.29, 0.717) is 0 Å². The first-order valence-electron chi connectivity index (χ1n) is 7.18. The monoisotopic (exact) mass is 275 g/mol. The van der Waals surface area contributed by atoms with Crippen LogP contribution >= 0.6 is 0 Å². The Balaban J connectivity index is 2.24. The number of hydrogen-bond acceptors (Lipinski definition) is 0. The molecule has 0 aliphatic carbocycles. The summed E-state index contributed by atoms with van der Waals surface area (Å²) in [6.07, 6.45) is 0. The van der Waals surface area contributed by atoms with E-state index in [1.165, 1.54) is 15.6 Å². The zero-order valence-corrected chi connectivity index (χ0v) is 12.9. The number of benzene rings is 3. The minimum atomic E-state index is -2.23. The predicted molar refractivity (Wildman–Crippen MR) is 91.2 cm³/mol. The van der Waals surface area contributed by atoms with Crippen molar-refractivity contribution in [2.75, 3.05) is 0 Å². The molecule has 20 heavy (non-hydrogen) atoms. The summed E-state index contributed by atoms with van der Waals surface area (Å²) in [5, 5.41) is 4.45. The maximum atomic E-state index is 2.47. The molecule has 3 rings (SSSR count). The van der Waals surface area contributed by atoms with E-state index < -0.39 is 8.07 Å². The second kappa shape index (κ2) is 5.47. The molecule has 0 aromatic heterocycles. The van der Waals surface area contributed by atoms with E-state index in [9.17, 15) is 0 Å². The molecule has 0 atom stereocenters. The fourth-order valence-electron chi connectivity index (χ4n) is 3.09. The average molecular weight is 275 g/mol. The molecule has 100 valence electrons. The molecule has 0 spiro atoms. The number of hydrogen-bond donors (Lipinski definition) is 0. The summed E-state index contributed by atoms with van der Waals surface area (Å²) in [4.78, 5) is 0. The van der Waals surface area contributed by atoms with E-state index in [-0.39, 0.29) is 0 Å². The molecule has 3 aromatic carbocycles. The third kappa shape index (κ3) is 2.21. The van der Waals surface area contributed by atoms with E-state index in [1.807, 2.05) is 0 Å². The molecule has 0 unspecified atom stereocenters. The van der Waals surface area contributed by atoms with Crippen molar-refractivity contribution >= 4 is 23.6 Å². The Morgan fingerprint density at radius 2 is 0.700 bits per heavy atom. The summed E-state index contributed by atoms with van der Waals surface area (Å²) in [5.74, 6) is 0. The minimum absolute atomic E-state index is 1.48. The topological polar surface area (TPSA) is 0 Å². The molecule has 0 aliphatic rings. The quantitative estimate of drug-likeness (QED) is 0.509. The van der Waals surface area contributed by atoms with Crippen LogP contribution < -0.4 is 15.6 Å². The summed E-state index contributed by atoms with van der Waals surface area (Å²) < 4.78 is 0. The Morgan fingerprint density at radius 1 is 0.450 bits per heavy atom. The average Bonchev–Trinajstić information content (AvgIpc) is 2.56. The van der Waals surface area contributed by atoms with E-state index in [0.717, 1.165) is 0 Å². The first-order chi connectivity index (χ1) is 9.82. The Morgan fingerprint density at radius 3 is 0.950 bits per heavy atom. The molecule has 0 bridgehead atoms. The van der Waals surface area contributed by atoms with Gasteiger partial charge in [0.1, 0.15) is 0 Å². The van der Waals surface area contributed by atoms with Crippen LogP contribution in [0.15, 0.2) is 91.0 Å². The summed E-state index contributed by atoms with van der Waals surface area (Å²) >= 11 is 0. The summed E-state index contributed by atoms with van der Waals surface area (Å²) in [7, 11) is -2.23. The van der Waals surface area contributed by atoms with Crippen molar-refractivity contribution in [2.45, 2.75) is 6.55 Å². The van der Waals surface area contributed by atoms with Crippen LogP contribution in [0.2, 0.25) is 6.55 Å². The van der Waals surface area contributed by atoms with Crippen LogP contribution in [0.3, 0.4) is 0 Å². The molecule has 0 amide bonds. The van der Waals surface area contributed by atoms with Gasteiger partial charge in [0.2, 0.25) is 0 Å². The van der Waals surface area contributed by atoms with Crippen molar-refractivity contribution in [1.82, 2.24) is 0 Å². The maximum absolute atomic E-state index is 2.47. The van der Waals surface area contributed by atoms with Crippen LogP contribution in [0.4, 0.5) is 0 Å². The first-order valence-corrected chi connectivity index (χ1v) is 10.1. The normalized spacial score (nSPS) is 12.1. The Kier molecular flexibility index (Phi) is 3.53. The van der Waals surface area contributed by atoms with Gasteiger partial charge in [-0.1, -0.05) is 0 Å². The molecule has 0 radical (unpaired) electrons. The van der Waals surface area contributed by atoms with Gasteiger partial charge in [-0.25, -0.2) is 0 Å². The van der Waals surface area contributed by atoms with Crippen LogP contribution in [0, 0.1) is 0 Å². The summed E-state index contributed by atoms with van der Waals surface area (Å²) in [5.41, 5.74) is 0. The van der Waals surface area contributed by atoms with Gasteiger partial charge in [0.25, 0.3) is 0 Å². The van der Waals surface area contributed by atoms with E-state index in [2.05, 4.69) is 97.5 Å². The van der Waals surface area contributed by atoms with Crippen LogP contribution in [0.5, 0.6) is 0 Å². The Hall–Kier alpha value is -2.12. The standard InChI is InChI=1S/C19H19Si/c1-20(17-11-5-2-6-12-17,18-13-7-3-8-14-18)19-15-9-4-10-16-19/h2-16,20H,1H3/q-1. The van der Waals surface area contributed by atoms with Gasteiger partial charge in [0, 0.05) is 0 Å². The first kappa shape index (κ1) is 12.9. The fraction of sp³-hybridized carbons (Fsp3) is 0.0526. The van der Waals surface area contributed by atoms with Crippen molar-refractivity contribution in [3.63, 3.8) is 0 Å². The number of rotatable bonds is 3. The molecule has 0 saturated heterocycles. The molecule has 1 heteroatoms. The van der Waals surface area contributed by atoms with Gasteiger partial charge < -0.3 is 0 Å². The van der Waals surface area contributed by atoms with E-state index in [4.69, 9.17) is 0 Å². The van der Waals surface area contributed by atoms with E-state index >= 15 is 0 Å². The van der Waals surface area contributed by atoms with Crippen molar-refractivity contribution in [3.8, 4) is 0 Å².